The number of phenols is 1. The zero-order chi connectivity index (χ0) is 33.8. The molecule has 0 saturated heterocycles. The van der Waals surface area contributed by atoms with Crippen molar-refractivity contribution in [2.45, 2.75) is 46.5 Å². The first-order valence-electron chi connectivity index (χ1n) is 16.1. The topological polar surface area (TPSA) is 128 Å². The van der Waals surface area contributed by atoms with E-state index in [9.17, 15) is 14.7 Å². The van der Waals surface area contributed by atoms with E-state index < -0.39 is 11.8 Å². The monoisotopic (exact) mass is 643 g/mol. The fourth-order valence-corrected chi connectivity index (χ4v) is 5.91. The fourth-order valence-electron chi connectivity index (χ4n) is 5.91. The molecule has 0 radical (unpaired) electrons. The minimum absolute atomic E-state index is 0.000201. The normalized spacial score (nSPS) is 11.2. The van der Waals surface area contributed by atoms with Gasteiger partial charge in [0.05, 0.1) is 40.0 Å². The average molecular weight is 644 g/mol. The van der Waals surface area contributed by atoms with Gasteiger partial charge < -0.3 is 14.7 Å². The van der Waals surface area contributed by atoms with Crippen molar-refractivity contribution >= 4 is 39.5 Å². The number of fused-ring (bicyclic) bond motifs is 2. The van der Waals surface area contributed by atoms with Crippen LogP contribution in [0.15, 0.2) is 91.1 Å². The summed E-state index contributed by atoms with van der Waals surface area (Å²) in [6.45, 7) is 10.8. The summed E-state index contributed by atoms with van der Waals surface area (Å²) in [4.78, 5) is 30.6. The molecule has 48 heavy (non-hydrogen) atoms. The van der Waals surface area contributed by atoms with E-state index >= 15 is 0 Å². The fraction of sp³-hybridized carbons (Fsp3) is 0.243. The van der Waals surface area contributed by atoms with Crippen molar-refractivity contribution < 1.29 is 19.4 Å². The number of anilines is 1. The predicted octanol–water partition coefficient (Wildman–Crippen LogP) is 7.19. The Morgan fingerprint density at radius 1 is 0.833 bits per heavy atom. The van der Waals surface area contributed by atoms with Gasteiger partial charge in [0, 0.05) is 24.0 Å². The molecule has 11 heteroatoms. The average Bonchev–Trinajstić information content (AvgIpc) is 3.72. The molecule has 0 aliphatic heterocycles. The molecule has 0 spiro atoms. The molecule has 6 aromatic rings. The van der Waals surface area contributed by atoms with Gasteiger partial charge in [-0.05, 0) is 68.8 Å². The first kappa shape index (κ1) is 32.1. The van der Waals surface area contributed by atoms with Gasteiger partial charge in [-0.3, -0.25) is 4.79 Å². The molecule has 4 aromatic carbocycles. The van der Waals surface area contributed by atoms with Gasteiger partial charge in [0.25, 0.3) is 0 Å². The molecule has 0 saturated carbocycles. The van der Waals surface area contributed by atoms with E-state index in [2.05, 4.69) is 34.1 Å². The largest absolute Gasteiger partial charge is 0.507 e. The predicted molar refractivity (Wildman–Crippen MR) is 185 cm³/mol. The van der Waals surface area contributed by atoms with Gasteiger partial charge in [-0.1, -0.05) is 67.5 Å². The number of nitrogens with zero attached hydrogens (tertiary/aromatic N) is 7. The van der Waals surface area contributed by atoms with Crippen LogP contribution in [-0.4, -0.2) is 60.0 Å². The number of aromatic hydroxyl groups is 1. The maximum Gasteiger partial charge on any atom is 0.338 e. The van der Waals surface area contributed by atoms with Crippen molar-refractivity contribution in [1.29, 1.82) is 0 Å². The number of ether oxygens (including phenoxy) is 1. The van der Waals surface area contributed by atoms with E-state index in [4.69, 9.17) is 4.74 Å². The lowest BCUT2D eigenvalue weighted by atomic mass is 9.94. The van der Waals surface area contributed by atoms with Gasteiger partial charge in [0.1, 0.15) is 22.5 Å². The highest BCUT2D eigenvalue weighted by atomic mass is 16.5. The van der Waals surface area contributed by atoms with Crippen molar-refractivity contribution in [2.75, 3.05) is 18.1 Å². The Hall–Kier alpha value is -5.84. The van der Waals surface area contributed by atoms with Crippen molar-refractivity contribution in [3.8, 4) is 17.1 Å². The van der Waals surface area contributed by atoms with Crippen molar-refractivity contribution in [3.63, 3.8) is 0 Å². The van der Waals surface area contributed by atoms with Crippen LogP contribution >= 0.6 is 0 Å². The number of unbranched alkanes of at least 4 members (excludes halogenated alkanes) is 3. The van der Waals surface area contributed by atoms with E-state index in [-0.39, 0.29) is 34.7 Å². The molecule has 1 N–H and O–H groups in total. The molecule has 0 bridgehead atoms. The van der Waals surface area contributed by atoms with Crippen LogP contribution in [0.2, 0.25) is 0 Å². The molecule has 0 atom stereocenters. The summed E-state index contributed by atoms with van der Waals surface area (Å²) in [7, 11) is 0. The van der Waals surface area contributed by atoms with Crippen molar-refractivity contribution in [2.24, 2.45) is 0 Å². The summed E-state index contributed by atoms with van der Waals surface area (Å²) in [5.41, 5.74) is 4.64. The quantitative estimate of drug-likeness (QED) is 0.0790. The number of esters is 1. The minimum Gasteiger partial charge on any atom is -0.507 e. The van der Waals surface area contributed by atoms with E-state index in [1.165, 1.54) is 10.7 Å². The molecule has 6 rings (SSSR count). The molecule has 0 aliphatic carbocycles. The van der Waals surface area contributed by atoms with Gasteiger partial charge in [-0.15, -0.1) is 10.2 Å². The van der Waals surface area contributed by atoms with Crippen LogP contribution in [0, 0.1) is 0 Å². The number of aromatic nitrogens is 6. The number of para-hydroxylation sites is 2. The minimum atomic E-state index is -0.661. The van der Waals surface area contributed by atoms with Crippen LogP contribution in [0.3, 0.4) is 0 Å². The summed E-state index contributed by atoms with van der Waals surface area (Å²) >= 11 is 0. The van der Waals surface area contributed by atoms with E-state index in [1.54, 1.807) is 28.9 Å². The van der Waals surface area contributed by atoms with E-state index in [0.717, 1.165) is 25.0 Å². The number of hydrogen-bond acceptors (Lipinski definition) is 9. The maximum absolute atomic E-state index is 14.8. The molecule has 11 nitrogen and oxygen atoms in total. The Morgan fingerprint density at radius 2 is 1.48 bits per heavy atom. The van der Waals surface area contributed by atoms with Crippen LogP contribution in [0.4, 0.5) is 5.69 Å². The third kappa shape index (κ3) is 6.02. The van der Waals surface area contributed by atoms with Gasteiger partial charge >= 0.3 is 5.97 Å². The van der Waals surface area contributed by atoms with Crippen LogP contribution in [0.25, 0.3) is 33.4 Å². The molecular formula is C37H37N7O4. The second-order valence-electron chi connectivity index (χ2n) is 11.5. The van der Waals surface area contributed by atoms with Crippen molar-refractivity contribution in [3.05, 3.63) is 108 Å². The number of benzene rings is 4. The lowest BCUT2D eigenvalue weighted by molar-refractivity contribution is 0.0495. The van der Waals surface area contributed by atoms with Gasteiger partial charge in [-0.2, -0.15) is 0 Å². The molecule has 0 aliphatic rings. The third-order valence-electron chi connectivity index (χ3n) is 8.29. The Balaban J connectivity index is 1.60. The van der Waals surface area contributed by atoms with E-state index in [1.807, 2.05) is 67.3 Å². The zero-order valence-corrected chi connectivity index (χ0v) is 27.3. The molecular weight excluding hydrogens is 606 g/mol. The lowest BCUT2D eigenvalue weighted by Crippen LogP contribution is -2.21. The summed E-state index contributed by atoms with van der Waals surface area (Å²) < 4.78 is 8.86. The standard InChI is InChI=1S/C37H37N7O4/c1-5-7-8-13-22-48-37(47)27-20-21-32(43-30-16-11-9-14-28(30)38-40-43)35(44-31-17-12-10-15-29(31)39-41-44)34(27)36(46)26-19-18-25(23-33(26)45)42(6-2)24(3)4/h9-12,14-21,23,45H,3,5-8,13,22H2,1-2,4H3. The summed E-state index contributed by atoms with van der Waals surface area (Å²) in [6, 6.07) is 22.8. The summed E-state index contributed by atoms with van der Waals surface area (Å²) in [5.74, 6) is -1.51. The third-order valence-corrected chi connectivity index (χ3v) is 8.29. The second kappa shape index (κ2) is 13.9. The van der Waals surface area contributed by atoms with Crippen LogP contribution in [0.5, 0.6) is 5.75 Å². The summed E-state index contributed by atoms with van der Waals surface area (Å²) in [5, 5.41) is 28.9. The molecule has 0 amide bonds. The number of rotatable bonds is 13. The molecule has 0 unspecified atom stereocenters. The highest BCUT2D eigenvalue weighted by molar-refractivity contribution is 6.18. The van der Waals surface area contributed by atoms with Gasteiger partial charge in [0.2, 0.25) is 0 Å². The Kier molecular flexibility index (Phi) is 9.29. The van der Waals surface area contributed by atoms with E-state index in [0.29, 0.717) is 46.4 Å². The highest BCUT2D eigenvalue weighted by Crippen LogP contribution is 2.35. The molecule has 0 fully saturated rings. The van der Waals surface area contributed by atoms with Crippen molar-refractivity contribution in [1.82, 2.24) is 30.0 Å². The number of hydrogen-bond donors (Lipinski definition) is 1. The highest BCUT2D eigenvalue weighted by Gasteiger charge is 2.31. The van der Waals surface area contributed by atoms with Crippen LogP contribution in [-0.2, 0) is 4.74 Å². The SMILES string of the molecule is C=C(C)N(CC)c1ccc(C(=O)c2c(C(=O)OCCCCCC)ccc(-n3nnc4ccccc43)c2-n2nnc3ccccc32)c(O)c1. The maximum atomic E-state index is 14.8. The number of phenolic OH excluding ortho intramolecular Hbond substituents is 1. The Morgan fingerprint density at radius 3 is 2.12 bits per heavy atom. The first-order valence-corrected chi connectivity index (χ1v) is 16.1. The van der Waals surface area contributed by atoms with Gasteiger partial charge in [-0.25, -0.2) is 14.2 Å². The first-order chi connectivity index (χ1) is 23.3. The van der Waals surface area contributed by atoms with Crippen LogP contribution < -0.4 is 4.90 Å². The number of allylic oxidation sites excluding steroid dienone is 1. The number of carbonyl (C=O) groups excluding carboxylic acids is 2. The smallest absolute Gasteiger partial charge is 0.338 e. The van der Waals surface area contributed by atoms with Gasteiger partial charge in [0.15, 0.2) is 5.78 Å². The number of ketones is 1. The summed E-state index contributed by atoms with van der Waals surface area (Å²) in [6.07, 6.45) is 3.70. The molecule has 2 heterocycles. The lowest BCUT2D eigenvalue weighted by Gasteiger charge is -2.24. The molecule has 2 aromatic heterocycles. The second-order valence-corrected chi connectivity index (χ2v) is 11.5. The zero-order valence-electron chi connectivity index (χ0n) is 27.3. The Labute approximate surface area is 278 Å². The number of carbonyl (C=O) groups is 2. The van der Waals surface area contributed by atoms with Crippen LogP contribution in [0.1, 0.15) is 72.7 Å². The Bertz CT molecular complexity index is 2150. The molecule has 244 valence electrons.